The molecule has 0 aliphatic rings. The van der Waals surface area contributed by atoms with Crippen LogP contribution in [-0.4, -0.2) is 0 Å². The van der Waals surface area contributed by atoms with E-state index in [0.717, 1.165) is 0 Å². The second kappa shape index (κ2) is 5.57. The van der Waals surface area contributed by atoms with E-state index >= 15 is 0 Å². The Morgan fingerprint density at radius 3 is 1.80 bits per heavy atom. The van der Waals surface area contributed by atoms with Crippen LogP contribution in [0.1, 0.15) is 0 Å². The molecule has 0 aliphatic carbocycles. The van der Waals surface area contributed by atoms with E-state index in [1.807, 2.05) is 24.3 Å². The van der Waals surface area contributed by atoms with E-state index in [-0.39, 0.29) is 49.7 Å². The van der Waals surface area contributed by atoms with E-state index in [9.17, 15) is 0 Å². The summed E-state index contributed by atoms with van der Waals surface area (Å²) in [6.45, 7) is 0. The zero-order chi connectivity index (χ0) is 8.67. The summed E-state index contributed by atoms with van der Waals surface area (Å²) in [5, 5.41) is 2.39. The van der Waals surface area contributed by atoms with Crippen LogP contribution < -0.4 is 0 Å². The summed E-state index contributed by atoms with van der Waals surface area (Å²) < 4.78 is 2.58. The molecule has 0 saturated carbocycles. The minimum absolute atomic E-state index is 0. The number of hydrogen-bond acceptors (Lipinski definition) is 1. The first-order valence-electron chi connectivity index (χ1n) is 4.15. The first-order chi connectivity index (χ1) is 6.45. The van der Waals surface area contributed by atoms with Crippen molar-refractivity contribution in [1.29, 1.82) is 0 Å². The molecule has 0 saturated heterocycles. The van der Waals surface area contributed by atoms with Gasteiger partial charge in [0.2, 0.25) is 0 Å². The molecule has 0 aliphatic heterocycles. The van der Waals surface area contributed by atoms with E-state index in [4.69, 9.17) is 0 Å². The number of thiophene rings is 1. The van der Waals surface area contributed by atoms with Gasteiger partial charge < -0.3 is 0 Å². The molecule has 0 atom stereocenters. The number of fused-ring (bicyclic) bond motifs is 3. The number of benzene rings is 2. The molecule has 1 heterocycles. The molecule has 1 aromatic heterocycles. The molecule has 1 radical (unpaired) electrons. The predicted molar refractivity (Wildman–Crippen MR) is 57.0 cm³/mol. The monoisotopic (exact) mass is 471 g/mol. The minimum Gasteiger partial charge on any atom is -0.261 e. The molecule has 71 valence electrons. The summed E-state index contributed by atoms with van der Waals surface area (Å²) in [6, 6.07) is 18.7. The van der Waals surface area contributed by atoms with Gasteiger partial charge >= 0.3 is 0 Å². The average Bonchev–Trinajstić information content (AvgIpc) is 2.56. The van der Waals surface area contributed by atoms with Gasteiger partial charge in [0.15, 0.2) is 0 Å². The fourth-order valence-electron chi connectivity index (χ4n) is 1.52. The van der Waals surface area contributed by atoms with Crippen LogP contribution in [0.5, 0.6) is 0 Å². The van der Waals surface area contributed by atoms with Crippen LogP contribution in [0, 0.1) is 43.2 Å². The van der Waals surface area contributed by atoms with Crippen molar-refractivity contribution < 1.29 is 49.7 Å². The Kier molecular flexibility index (Phi) is 4.96. The Balaban J connectivity index is 0.000000562. The molecule has 3 aromatic rings. The van der Waals surface area contributed by atoms with Gasteiger partial charge in [0, 0.05) is 49.7 Å². The number of rotatable bonds is 0. The van der Waals surface area contributed by atoms with Gasteiger partial charge in [-0.25, -0.2) is 10.8 Å². The van der Waals surface area contributed by atoms with Crippen molar-refractivity contribution >= 4 is 31.5 Å². The Bertz CT molecular complexity index is 523. The second-order valence-corrected chi connectivity index (χ2v) is 4.00. The van der Waals surface area contributed by atoms with Gasteiger partial charge in [0.05, 0.1) is 0 Å². The topological polar surface area (TPSA) is 0 Å². The van der Waals surface area contributed by atoms with Crippen molar-refractivity contribution in [2.45, 2.75) is 0 Å². The molecule has 3 heteroatoms. The molecule has 0 fully saturated rings. The zero-order valence-electron chi connectivity index (χ0n) is 7.82. The van der Waals surface area contributed by atoms with Crippen LogP contribution in [0.2, 0.25) is 0 Å². The summed E-state index contributed by atoms with van der Waals surface area (Å²) in [7, 11) is 0. The molecule has 0 unspecified atom stereocenters. The van der Waals surface area contributed by atoms with E-state index in [2.05, 4.69) is 24.3 Å². The third-order valence-corrected chi connectivity index (χ3v) is 3.23. The molecular weight excluding hydrogens is 465 g/mol. The van der Waals surface area contributed by atoms with Gasteiger partial charge in [-0.05, 0) is 0 Å². The van der Waals surface area contributed by atoms with E-state index in [1.54, 1.807) is 11.3 Å². The van der Waals surface area contributed by atoms with Gasteiger partial charge in [0.1, 0.15) is 0 Å². The zero-order valence-corrected chi connectivity index (χ0v) is 14.2. The Labute approximate surface area is 128 Å². The summed E-state index contributed by atoms with van der Waals surface area (Å²) in [4.78, 5) is 0. The second-order valence-electron chi connectivity index (χ2n) is 2.92. The van der Waals surface area contributed by atoms with E-state index in [1.165, 1.54) is 20.2 Å². The first kappa shape index (κ1) is 13.4. The fraction of sp³-hybridized carbons (Fsp3) is 0. The summed E-state index contributed by atoms with van der Waals surface area (Å²) in [6.07, 6.45) is 0. The molecule has 3 rings (SSSR count). The molecule has 0 spiro atoms. The Morgan fingerprint density at radius 1 is 0.867 bits per heavy atom. The van der Waals surface area contributed by atoms with Crippen molar-refractivity contribution in [3.8, 4) is 0 Å². The van der Waals surface area contributed by atoms with Crippen molar-refractivity contribution in [2.75, 3.05) is 0 Å². The molecule has 0 nitrogen and oxygen atoms in total. The van der Waals surface area contributed by atoms with E-state index < -0.39 is 0 Å². The van der Waals surface area contributed by atoms with Crippen LogP contribution in [0.4, 0.5) is 0 Å². The van der Waals surface area contributed by atoms with Crippen LogP contribution in [0.15, 0.2) is 36.4 Å². The minimum atomic E-state index is 0. The fourth-order valence-corrected chi connectivity index (χ4v) is 2.58. The molecule has 0 bridgehead atoms. The van der Waals surface area contributed by atoms with Crippen LogP contribution in [0.3, 0.4) is 0 Å². The van der Waals surface area contributed by atoms with Crippen LogP contribution in [0.25, 0.3) is 20.2 Å². The third kappa shape index (κ3) is 2.36. The SMILES string of the molecule is [U].[V].[c-]1cccc2sc3ccc[c-]c3c12. The maximum absolute atomic E-state index is 3.25. The standard InChI is InChI=1S/C12H6S.U.V/c1-3-7-11-9(5-1)10-6-2-4-8-12(10)13-11;;/h1-4,7-8H;;/q-2;;. The normalized spacial score (nSPS) is 9.60. The van der Waals surface area contributed by atoms with Gasteiger partial charge in [-0.1, -0.05) is 0 Å². The third-order valence-electron chi connectivity index (χ3n) is 2.11. The van der Waals surface area contributed by atoms with Crippen molar-refractivity contribution in [1.82, 2.24) is 0 Å². The Hall–Kier alpha value is 0.296. The summed E-state index contributed by atoms with van der Waals surface area (Å²) in [5.74, 6) is 0. The van der Waals surface area contributed by atoms with Crippen molar-refractivity contribution in [3.63, 3.8) is 0 Å². The number of hydrogen-bond donors (Lipinski definition) is 0. The summed E-state index contributed by atoms with van der Waals surface area (Å²) >= 11 is 1.80. The van der Waals surface area contributed by atoms with Gasteiger partial charge in [-0.3, -0.25) is 11.3 Å². The largest absolute Gasteiger partial charge is 0.261 e. The van der Waals surface area contributed by atoms with Crippen LogP contribution in [-0.2, 0) is 18.6 Å². The maximum Gasteiger partial charge on any atom is 0 e. The smallest absolute Gasteiger partial charge is 0 e. The quantitative estimate of drug-likeness (QED) is 0.440. The maximum atomic E-state index is 3.25. The molecule has 2 aromatic carbocycles. The molecule has 0 amide bonds. The van der Waals surface area contributed by atoms with Gasteiger partial charge in [-0.2, -0.15) is 24.3 Å². The molecule has 15 heavy (non-hydrogen) atoms. The molecular formula is C12H6SUV-2. The van der Waals surface area contributed by atoms with E-state index in [0.29, 0.717) is 0 Å². The van der Waals surface area contributed by atoms with Gasteiger partial charge in [0.25, 0.3) is 0 Å². The van der Waals surface area contributed by atoms with Crippen molar-refractivity contribution in [3.05, 3.63) is 48.5 Å². The van der Waals surface area contributed by atoms with Crippen LogP contribution >= 0.6 is 11.3 Å². The Morgan fingerprint density at radius 2 is 1.33 bits per heavy atom. The average molecular weight is 471 g/mol. The first-order valence-corrected chi connectivity index (χ1v) is 4.96. The molecule has 0 N–H and O–H groups in total. The van der Waals surface area contributed by atoms with Gasteiger partial charge in [-0.15, -0.1) is 33.7 Å². The predicted octanol–water partition coefficient (Wildman–Crippen LogP) is 3.65. The summed E-state index contributed by atoms with van der Waals surface area (Å²) in [5.41, 5.74) is 0. The van der Waals surface area contributed by atoms with Crippen molar-refractivity contribution in [2.24, 2.45) is 0 Å².